The average Bonchev–Trinajstić information content (AvgIpc) is 2.39. The molecule has 1 amide bonds. The second kappa shape index (κ2) is 10.1. The van der Waals surface area contributed by atoms with E-state index in [0.29, 0.717) is 18.7 Å². The van der Waals surface area contributed by atoms with Gasteiger partial charge in [-0.1, -0.05) is 32.1 Å². The normalized spacial score (nSPS) is 16.2. The van der Waals surface area contributed by atoms with Crippen LogP contribution in [0.5, 0.6) is 0 Å². The minimum Gasteiger partial charge on any atom is -0.481 e. The molecule has 19 heavy (non-hydrogen) atoms. The lowest BCUT2D eigenvalue weighted by molar-refractivity contribution is -0.133. The molecular formula is C14H25NO3S. The standard InChI is InChI=1S/C14H25NO3S/c16-13(15-9-10-19-11-14(17)18)8-4-7-12-5-2-1-3-6-12/h12H,1-11H2,(H,15,16)(H,17,18). The van der Waals surface area contributed by atoms with Crippen molar-refractivity contribution >= 4 is 23.6 Å². The molecule has 0 aliphatic heterocycles. The lowest BCUT2D eigenvalue weighted by atomic mass is 9.86. The Morgan fingerprint density at radius 1 is 1.21 bits per heavy atom. The maximum Gasteiger partial charge on any atom is 0.313 e. The monoisotopic (exact) mass is 287 g/mol. The van der Waals surface area contributed by atoms with Gasteiger partial charge >= 0.3 is 5.97 Å². The van der Waals surface area contributed by atoms with E-state index in [9.17, 15) is 9.59 Å². The Kier molecular flexibility index (Phi) is 8.71. The summed E-state index contributed by atoms with van der Waals surface area (Å²) >= 11 is 1.34. The number of amides is 1. The highest BCUT2D eigenvalue weighted by Gasteiger charge is 2.13. The molecular weight excluding hydrogens is 262 g/mol. The highest BCUT2D eigenvalue weighted by Crippen LogP contribution is 2.27. The largest absolute Gasteiger partial charge is 0.481 e. The zero-order chi connectivity index (χ0) is 13.9. The molecule has 5 heteroatoms. The number of carbonyl (C=O) groups is 2. The minimum absolute atomic E-state index is 0.103. The third kappa shape index (κ3) is 8.92. The predicted octanol–water partition coefficient (Wildman–Crippen LogP) is 2.67. The summed E-state index contributed by atoms with van der Waals surface area (Å²) < 4.78 is 0. The van der Waals surface area contributed by atoms with E-state index in [-0.39, 0.29) is 11.7 Å². The van der Waals surface area contributed by atoms with Crippen LogP contribution >= 0.6 is 11.8 Å². The van der Waals surface area contributed by atoms with Gasteiger partial charge in [-0.15, -0.1) is 11.8 Å². The van der Waals surface area contributed by atoms with Crippen LogP contribution in [0.3, 0.4) is 0 Å². The van der Waals surface area contributed by atoms with Gasteiger partial charge in [-0.3, -0.25) is 9.59 Å². The summed E-state index contributed by atoms with van der Waals surface area (Å²) in [6, 6.07) is 0. The molecule has 1 rings (SSSR count). The van der Waals surface area contributed by atoms with Crippen molar-refractivity contribution in [3.63, 3.8) is 0 Å². The number of rotatable bonds is 9. The zero-order valence-electron chi connectivity index (χ0n) is 11.5. The van der Waals surface area contributed by atoms with Crippen molar-refractivity contribution in [2.75, 3.05) is 18.1 Å². The lowest BCUT2D eigenvalue weighted by Gasteiger charge is -2.21. The molecule has 1 saturated carbocycles. The number of nitrogens with one attached hydrogen (secondary N) is 1. The van der Waals surface area contributed by atoms with Crippen LogP contribution in [0.2, 0.25) is 0 Å². The molecule has 0 heterocycles. The molecule has 0 spiro atoms. The lowest BCUT2D eigenvalue weighted by Crippen LogP contribution is -2.25. The Balaban J connectivity index is 1.91. The maximum absolute atomic E-state index is 11.5. The van der Waals surface area contributed by atoms with Gasteiger partial charge in [0, 0.05) is 18.7 Å². The first-order valence-electron chi connectivity index (χ1n) is 7.24. The van der Waals surface area contributed by atoms with Crippen LogP contribution in [0.4, 0.5) is 0 Å². The van der Waals surface area contributed by atoms with Crippen molar-refractivity contribution < 1.29 is 14.7 Å². The van der Waals surface area contributed by atoms with Crippen molar-refractivity contribution in [2.45, 2.75) is 51.4 Å². The first-order chi connectivity index (χ1) is 9.18. The summed E-state index contributed by atoms with van der Waals surface area (Å²) in [7, 11) is 0. The Hall–Kier alpha value is -0.710. The molecule has 0 radical (unpaired) electrons. The third-order valence-corrected chi connectivity index (χ3v) is 4.48. The van der Waals surface area contributed by atoms with Gasteiger partial charge in [-0.2, -0.15) is 0 Å². The first-order valence-corrected chi connectivity index (χ1v) is 8.40. The van der Waals surface area contributed by atoms with Crippen LogP contribution in [0.25, 0.3) is 0 Å². The molecule has 1 aliphatic carbocycles. The van der Waals surface area contributed by atoms with Crippen molar-refractivity contribution in [2.24, 2.45) is 5.92 Å². The first kappa shape index (κ1) is 16.3. The number of hydrogen-bond donors (Lipinski definition) is 2. The highest BCUT2D eigenvalue weighted by molar-refractivity contribution is 7.99. The van der Waals surface area contributed by atoms with Crippen LogP contribution in [0, 0.1) is 5.92 Å². The predicted molar refractivity (Wildman–Crippen MR) is 78.4 cm³/mol. The maximum atomic E-state index is 11.5. The van der Waals surface area contributed by atoms with Crippen molar-refractivity contribution in [3.8, 4) is 0 Å². The second-order valence-corrected chi connectivity index (χ2v) is 6.30. The summed E-state index contributed by atoms with van der Waals surface area (Å²) in [4.78, 5) is 21.8. The molecule has 1 fully saturated rings. The van der Waals surface area contributed by atoms with Crippen LogP contribution in [0.15, 0.2) is 0 Å². The van der Waals surface area contributed by atoms with Gasteiger partial charge in [0.25, 0.3) is 0 Å². The topological polar surface area (TPSA) is 66.4 Å². The molecule has 110 valence electrons. The summed E-state index contributed by atoms with van der Waals surface area (Å²) in [5.41, 5.74) is 0. The fourth-order valence-electron chi connectivity index (χ4n) is 2.54. The van der Waals surface area contributed by atoms with Crippen LogP contribution in [-0.2, 0) is 9.59 Å². The number of carboxylic acid groups (broad SMARTS) is 1. The van der Waals surface area contributed by atoms with E-state index in [1.54, 1.807) is 0 Å². The van der Waals surface area contributed by atoms with Crippen LogP contribution in [-0.4, -0.2) is 35.0 Å². The molecule has 1 aliphatic rings. The van der Waals surface area contributed by atoms with Crippen molar-refractivity contribution in [1.29, 1.82) is 0 Å². The molecule has 0 aromatic rings. The van der Waals surface area contributed by atoms with E-state index in [4.69, 9.17) is 5.11 Å². The molecule has 2 N–H and O–H groups in total. The number of thioether (sulfide) groups is 1. The second-order valence-electron chi connectivity index (χ2n) is 5.19. The summed E-state index contributed by atoms with van der Waals surface area (Å²) in [6.45, 7) is 0.570. The Labute approximate surface area is 119 Å². The molecule has 0 aromatic carbocycles. The number of hydrogen-bond acceptors (Lipinski definition) is 3. The Morgan fingerprint density at radius 3 is 2.63 bits per heavy atom. The molecule has 0 aromatic heterocycles. The van der Waals surface area contributed by atoms with Gasteiger partial charge in [0.2, 0.25) is 5.91 Å². The Morgan fingerprint density at radius 2 is 1.95 bits per heavy atom. The van der Waals surface area contributed by atoms with E-state index < -0.39 is 5.97 Å². The molecule has 0 atom stereocenters. The summed E-state index contributed by atoms with van der Waals surface area (Å²) in [5.74, 6) is 0.918. The van der Waals surface area contributed by atoms with Gasteiger partial charge in [0.15, 0.2) is 0 Å². The smallest absolute Gasteiger partial charge is 0.313 e. The average molecular weight is 287 g/mol. The zero-order valence-corrected chi connectivity index (χ0v) is 12.3. The summed E-state index contributed by atoms with van der Waals surface area (Å²) in [6.07, 6.45) is 9.56. The van der Waals surface area contributed by atoms with E-state index >= 15 is 0 Å². The number of carbonyl (C=O) groups excluding carboxylic acids is 1. The van der Waals surface area contributed by atoms with E-state index in [2.05, 4.69) is 5.32 Å². The summed E-state index contributed by atoms with van der Waals surface area (Å²) in [5, 5.41) is 11.3. The van der Waals surface area contributed by atoms with E-state index in [1.807, 2.05) is 0 Å². The van der Waals surface area contributed by atoms with E-state index in [1.165, 1.54) is 50.3 Å². The number of carboxylic acids is 1. The van der Waals surface area contributed by atoms with E-state index in [0.717, 1.165) is 12.3 Å². The fraction of sp³-hybridized carbons (Fsp3) is 0.857. The molecule has 0 saturated heterocycles. The Bertz CT molecular complexity index is 278. The highest BCUT2D eigenvalue weighted by atomic mass is 32.2. The van der Waals surface area contributed by atoms with Gasteiger partial charge < -0.3 is 10.4 Å². The van der Waals surface area contributed by atoms with Gasteiger partial charge in [-0.05, 0) is 18.8 Å². The van der Waals surface area contributed by atoms with Gasteiger partial charge in [0.1, 0.15) is 0 Å². The third-order valence-electron chi connectivity index (χ3n) is 3.54. The fourth-order valence-corrected chi connectivity index (χ4v) is 3.10. The SMILES string of the molecule is O=C(O)CSCCNC(=O)CCCC1CCCCC1. The van der Waals surface area contributed by atoms with Crippen LogP contribution < -0.4 is 5.32 Å². The molecule has 0 bridgehead atoms. The van der Waals surface area contributed by atoms with Gasteiger partial charge in [0.05, 0.1) is 5.75 Å². The van der Waals surface area contributed by atoms with Gasteiger partial charge in [-0.25, -0.2) is 0 Å². The number of aliphatic carboxylic acids is 1. The molecule has 0 unspecified atom stereocenters. The quantitative estimate of drug-likeness (QED) is 0.640. The van der Waals surface area contributed by atoms with Crippen molar-refractivity contribution in [3.05, 3.63) is 0 Å². The molecule has 4 nitrogen and oxygen atoms in total. The van der Waals surface area contributed by atoms with Crippen LogP contribution in [0.1, 0.15) is 51.4 Å². The van der Waals surface area contributed by atoms with Crippen molar-refractivity contribution in [1.82, 2.24) is 5.32 Å². The minimum atomic E-state index is -0.802.